The van der Waals surface area contributed by atoms with Crippen LogP contribution in [0.4, 0.5) is 0 Å². The number of rotatable bonds is 8. The van der Waals surface area contributed by atoms with Gasteiger partial charge >= 0.3 is 0 Å². The molecule has 4 rings (SSSR count). The van der Waals surface area contributed by atoms with Crippen molar-refractivity contribution < 1.29 is 9.59 Å². The summed E-state index contributed by atoms with van der Waals surface area (Å²) in [6.45, 7) is 0.689. The fraction of sp³-hybridized carbons (Fsp3) is 0.346. The molecule has 1 aromatic heterocycles. The third kappa shape index (κ3) is 5.74. The molecule has 178 valence electrons. The lowest BCUT2D eigenvalue weighted by atomic mass is 9.81. The minimum Gasteiger partial charge on any atom is -0.366 e. The van der Waals surface area contributed by atoms with Gasteiger partial charge in [0.1, 0.15) is 16.1 Å². The molecular formula is C26H30BrN5O2. The van der Waals surface area contributed by atoms with Gasteiger partial charge in [0.05, 0.1) is 6.04 Å². The minimum atomic E-state index is -0.473. The van der Waals surface area contributed by atoms with Crippen LogP contribution in [0.1, 0.15) is 53.5 Å². The Hall–Kier alpha value is -2.97. The maximum Gasteiger partial charge on any atom is 0.248 e. The van der Waals surface area contributed by atoms with Gasteiger partial charge in [-0.1, -0.05) is 42.5 Å². The summed E-state index contributed by atoms with van der Waals surface area (Å²) in [5.41, 5.74) is 14.3. The van der Waals surface area contributed by atoms with Gasteiger partial charge in [0.15, 0.2) is 0 Å². The molecule has 1 fully saturated rings. The highest BCUT2D eigenvalue weighted by Gasteiger charge is 2.29. The number of carbonyl (C=O) groups excluding carboxylic acids is 2. The summed E-state index contributed by atoms with van der Waals surface area (Å²) < 4.78 is 0.713. The highest BCUT2D eigenvalue weighted by atomic mass is 79.9. The number of amides is 2. The summed E-state index contributed by atoms with van der Waals surface area (Å²) in [6.07, 6.45) is 4.34. The van der Waals surface area contributed by atoms with Gasteiger partial charge in [-0.05, 0) is 78.2 Å². The molecule has 1 saturated carbocycles. The van der Waals surface area contributed by atoms with Gasteiger partial charge in [0, 0.05) is 17.0 Å². The molecule has 0 radical (unpaired) electrons. The summed E-state index contributed by atoms with van der Waals surface area (Å²) >= 11 is 3.58. The molecule has 0 bridgehead atoms. The largest absolute Gasteiger partial charge is 0.366 e. The average molecular weight is 524 g/mol. The fourth-order valence-electron chi connectivity index (χ4n) is 4.53. The Morgan fingerprint density at radius 3 is 2.35 bits per heavy atom. The number of primary amides is 1. The third-order valence-electron chi connectivity index (χ3n) is 6.60. The van der Waals surface area contributed by atoms with E-state index in [2.05, 4.69) is 26.2 Å². The van der Waals surface area contributed by atoms with Gasteiger partial charge in [0.25, 0.3) is 0 Å². The number of hydrogen-bond acceptors (Lipinski definition) is 4. The summed E-state index contributed by atoms with van der Waals surface area (Å²) in [7, 11) is 0. The number of nitrogens with one attached hydrogen (secondary N) is 2. The van der Waals surface area contributed by atoms with E-state index in [0.29, 0.717) is 40.6 Å². The Kier molecular flexibility index (Phi) is 7.80. The van der Waals surface area contributed by atoms with Gasteiger partial charge in [-0.15, -0.1) is 0 Å². The Morgan fingerprint density at radius 2 is 1.74 bits per heavy atom. The van der Waals surface area contributed by atoms with Crippen molar-refractivity contribution in [1.82, 2.24) is 15.3 Å². The lowest BCUT2D eigenvalue weighted by molar-refractivity contribution is -0.127. The summed E-state index contributed by atoms with van der Waals surface area (Å²) in [5.74, 6) is 0.790. The van der Waals surface area contributed by atoms with Crippen LogP contribution in [0.3, 0.4) is 0 Å². The zero-order chi connectivity index (χ0) is 24.1. The van der Waals surface area contributed by atoms with E-state index in [0.717, 1.165) is 36.8 Å². The van der Waals surface area contributed by atoms with Crippen LogP contribution in [-0.4, -0.2) is 28.3 Å². The van der Waals surface area contributed by atoms with Crippen LogP contribution in [0.5, 0.6) is 0 Å². The van der Waals surface area contributed by atoms with Crippen molar-refractivity contribution in [3.63, 3.8) is 0 Å². The van der Waals surface area contributed by atoms with E-state index in [1.165, 1.54) is 0 Å². The Balaban J connectivity index is 1.57. The van der Waals surface area contributed by atoms with Crippen molar-refractivity contribution in [2.24, 2.45) is 23.3 Å². The van der Waals surface area contributed by atoms with Crippen molar-refractivity contribution in [3.05, 3.63) is 76.2 Å². The van der Waals surface area contributed by atoms with E-state index in [1.54, 1.807) is 12.1 Å². The molecule has 1 heterocycles. The second kappa shape index (κ2) is 11.0. The number of nitrogens with two attached hydrogens (primary N) is 2. The van der Waals surface area contributed by atoms with Crippen molar-refractivity contribution in [2.45, 2.75) is 38.1 Å². The van der Waals surface area contributed by atoms with E-state index in [9.17, 15) is 9.59 Å². The first-order valence-electron chi connectivity index (χ1n) is 11.6. The van der Waals surface area contributed by atoms with Crippen LogP contribution in [0.25, 0.3) is 11.3 Å². The molecule has 7 nitrogen and oxygen atoms in total. The van der Waals surface area contributed by atoms with Crippen LogP contribution in [0.15, 0.2) is 59.2 Å². The zero-order valence-electron chi connectivity index (χ0n) is 19.0. The van der Waals surface area contributed by atoms with E-state index >= 15 is 0 Å². The molecular weight excluding hydrogens is 494 g/mol. The molecule has 1 aliphatic rings. The first kappa shape index (κ1) is 24.2. The Morgan fingerprint density at radius 1 is 1.06 bits per heavy atom. The maximum absolute atomic E-state index is 13.2. The number of imidazole rings is 1. The lowest BCUT2D eigenvalue weighted by Crippen LogP contribution is -2.37. The van der Waals surface area contributed by atoms with Crippen molar-refractivity contribution >= 4 is 27.7 Å². The molecule has 0 aliphatic heterocycles. The van der Waals surface area contributed by atoms with Crippen LogP contribution in [0.2, 0.25) is 0 Å². The van der Waals surface area contributed by atoms with E-state index in [4.69, 9.17) is 16.5 Å². The highest BCUT2D eigenvalue weighted by molar-refractivity contribution is 9.10. The number of aromatic nitrogens is 2. The molecule has 6 N–H and O–H groups in total. The van der Waals surface area contributed by atoms with Crippen LogP contribution in [-0.2, 0) is 11.2 Å². The topological polar surface area (TPSA) is 127 Å². The standard InChI is InChI=1S/C26H30BrN5O2/c27-23-22(18-10-12-19(13-11-18)24(29)33)31-25(32-23)21(14-16-4-2-1-3-5-16)30-26(34)20-8-6-17(15-28)7-9-20/h1-5,10-13,17,20-21H,6-9,14-15,28H2,(H2,29,33)(H,30,34)(H,31,32)/t17?,20?,21-/m0/s1. The Labute approximate surface area is 207 Å². The monoisotopic (exact) mass is 523 g/mol. The number of halogens is 1. The number of hydrogen-bond donors (Lipinski definition) is 4. The van der Waals surface area contributed by atoms with Gasteiger partial charge in [-0.25, -0.2) is 4.98 Å². The fourth-order valence-corrected chi connectivity index (χ4v) is 5.05. The number of nitrogens with zero attached hydrogens (tertiary/aromatic N) is 1. The molecule has 0 spiro atoms. The second-order valence-corrected chi connectivity index (χ2v) is 9.72. The predicted molar refractivity (Wildman–Crippen MR) is 136 cm³/mol. The van der Waals surface area contributed by atoms with Crippen molar-refractivity contribution in [1.29, 1.82) is 0 Å². The highest BCUT2D eigenvalue weighted by Crippen LogP contribution is 2.31. The summed E-state index contributed by atoms with van der Waals surface area (Å²) in [5, 5.41) is 3.25. The molecule has 2 aromatic carbocycles. The zero-order valence-corrected chi connectivity index (χ0v) is 20.6. The van der Waals surface area contributed by atoms with Gasteiger partial charge < -0.3 is 21.8 Å². The van der Waals surface area contributed by atoms with Crippen LogP contribution >= 0.6 is 15.9 Å². The first-order chi connectivity index (χ1) is 16.4. The van der Waals surface area contributed by atoms with E-state index in [1.807, 2.05) is 42.5 Å². The number of aromatic amines is 1. The van der Waals surface area contributed by atoms with Crippen LogP contribution < -0.4 is 16.8 Å². The molecule has 0 saturated heterocycles. The smallest absolute Gasteiger partial charge is 0.248 e. The lowest BCUT2D eigenvalue weighted by Gasteiger charge is -2.28. The molecule has 0 unspecified atom stereocenters. The average Bonchev–Trinajstić information content (AvgIpc) is 3.25. The van der Waals surface area contributed by atoms with E-state index < -0.39 is 5.91 Å². The number of benzene rings is 2. The minimum absolute atomic E-state index is 0.000269. The second-order valence-electron chi connectivity index (χ2n) is 8.93. The van der Waals surface area contributed by atoms with E-state index in [-0.39, 0.29) is 17.9 Å². The normalized spacial score (nSPS) is 18.9. The Bertz CT molecular complexity index is 1120. The molecule has 8 heteroatoms. The van der Waals surface area contributed by atoms with Gasteiger partial charge in [-0.2, -0.15) is 0 Å². The van der Waals surface area contributed by atoms with Gasteiger partial charge in [0.2, 0.25) is 11.8 Å². The molecule has 2 amide bonds. The van der Waals surface area contributed by atoms with Crippen molar-refractivity contribution in [2.75, 3.05) is 6.54 Å². The third-order valence-corrected chi connectivity index (χ3v) is 7.17. The molecule has 1 aliphatic carbocycles. The summed E-state index contributed by atoms with van der Waals surface area (Å²) in [4.78, 5) is 32.7. The van der Waals surface area contributed by atoms with Crippen molar-refractivity contribution in [3.8, 4) is 11.3 Å². The van der Waals surface area contributed by atoms with Crippen LogP contribution in [0, 0.1) is 11.8 Å². The number of carbonyl (C=O) groups is 2. The maximum atomic E-state index is 13.2. The molecule has 3 aromatic rings. The summed E-state index contributed by atoms with van der Waals surface area (Å²) in [6, 6.07) is 16.7. The van der Waals surface area contributed by atoms with Gasteiger partial charge in [-0.3, -0.25) is 9.59 Å². The quantitative estimate of drug-likeness (QED) is 0.354. The number of H-pyrrole nitrogens is 1. The predicted octanol–water partition coefficient (Wildman–Crippen LogP) is 4.10. The SMILES string of the molecule is NCC1CCC(C(=O)N[C@@H](Cc2ccccc2)c2nc(-c3ccc(C(N)=O)cc3)c(Br)[nH]2)CC1. The first-order valence-corrected chi connectivity index (χ1v) is 12.4. The molecule has 34 heavy (non-hydrogen) atoms. The molecule has 1 atom stereocenters.